The number of nitrogens with one attached hydrogen (secondary N) is 1. The molecule has 1 aromatic rings. The smallest absolute Gasteiger partial charge is 0.240 e. The van der Waals surface area contributed by atoms with Gasteiger partial charge in [0.05, 0.1) is 4.90 Å². The van der Waals surface area contributed by atoms with Gasteiger partial charge in [0.2, 0.25) is 10.0 Å². The van der Waals surface area contributed by atoms with Gasteiger partial charge in [0.1, 0.15) is 0 Å². The number of hydrogen-bond donors (Lipinski definition) is 2. The highest BCUT2D eigenvalue weighted by Crippen LogP contribution is 2.17. The Kier molecular flexibility index (Phi) is 5.78. The van der Waals surface area contributed by atoms with Gasteiger partial charge in [-0.15, -0.1) is 0 Å². The van der Waals surface area contributed by atoms with Gasteiger partial charge in [0, 0.05) is 6.54 Å². The third kappa shape index (κ3) is 4.40. The fourth-order valence-electron chi connectivity index (χ4n) is 1.59. The Hall–Kier alpha value is -0.910. The zero-order valence-corrected chi connectivity index (χ0v) is 11.8. The third-order valence-corrected chi connectivity index (χ3v) is 4.26. The lowest BCUT2D eigenvalue weighted by atomic mass is 10.0. The van der Waals surface area contributed by atoms with Crippen molar-refractivity contribution >= 4 is 10.0 Å². The first-order chi connectivity index (χ1) is 8.47. The molecule has 1 rings (SSSR count). The molecule has 0 atom stereocenters. The van der Waals surface area contributed by atoms with Crippen LogP contribution in [0.2, 0.25) is 0 Å². The van der Waals surface area contributed by atoms with Crippen molar-refractivity contribution in [1.29, 1.82) is 0 Å². The number of hydrogen-bond acceptors (Lipinski definition) is 3. The SMILES string of the molecule is CC(C)c1ccc(S(=O)(=O)NCCCCN)cc1. The van der Waals surface area contributed by atoms with Crippen molar-refractivity contribution in [3.63, 3.8) is 0 Å². The predicted molar refractivity (Wildman–Crippen MR) is 74.0 cm³/mol. The Morgan fingerprint density at radius 1 is 1.17 bits per heavy atom. The van der Waals surface area contributed by atoms with Gasteiger partial charge >= 0.3 is 0 Å². The van der Waals surface area contributed by atoms with E-state index >= 15 is 0 Å². The molecule has 0 radical (unpaired) electrons. The average Bonchev–Trinajstić information content (AvgIpc) is 2.35. The molecule has 0 unspecified atom stereocenters. The highest BCUT2D eigenvalue weighted by Gasteiger charge is 2.13. The van der Waals surface area contributed by atoms with Crippen LogP contribution >= 0.6 is 0 Å². The van der Waals surface area contributed by atoms with Crippen molar-refractivity contribution in [2.75, 3.05) is 13.1 Å². The lowest BCUT2D eigenvalue weighted by Crippen LogP contribution is -2.25. The maximum Gasteiger partial charge on any atom is 0.240 e. The van der Waals surface area contributed by atoms with E-state index in [0.29, 0.717) is 23.9 Å². The molecule has 1 aromatic carbocycles. The maximum absolute atomic E-state index is 11.9. The monoisotopic (exact) mass is 270 g/mol. The lowest BCUT2D eigenvalue weighted by Gasteiger charge is -2.09. The number of benzene rings is 1. The van der Waals surface area contributed by atoms with E-state index in [0.717, 1.165) is 18.4 Å². The van der Waals surface area contributed by atoms with Crippen molar-refractivity contribution in [2.45, 2.75) is 37.5 Å². The molecule has 0 saturated carbocycles. The standard InChI is InChI=1S/C13H22N2O2S/c1-11(2)12-5-7-13(8-6-12)18(16,17)15-10-4-3-9-14/h5-8,11,15H,3-4,9-10,14H2,1-2H3. The van der Waals surface area contributed by atoms with Crippen LogP contribution in [0.5, 0.6) is 0 Å². The lowest BCUT2D eigenvalue weighted by molar-refractivity contribution is 0.577. The van der Waals surface area contributed by atoms with E-state index < -0.39 is 10.0 Å². The van der Waals surface area contributed by atoms with Gasteiger partial charge in [-0.1, -0.05) is 26.0 Å². The summed E-state index contributed by atoms with van der Waals surface area (Å²) in [5, 5.41) is 0. The van der Waals surface area contributed by atoms with Crippen molar-refractivity contribution in [1.82, 2.24) is 4.72 Å². The number of rotatable bonds is 7. The van der Waals surface area contributed by atoms with E-state index in [1.54, 1.807) is 12.1 Å². The summed E-state index contributed by atoms with van der Waals surface area (Å²) in [7, 11) is -3.37. The van der Waals surface area contributed by atoms with Crippen LogP contribution in [0.15, 0.2) is 29.2 Å². The van der Waals surface area contributed by atoms with Crippen LogP contribution in [-0.4, -0.2) is 21.5 Å². The molecule has 0 spiro atoms. The van der Waals surface area contributed by atoms with Gasteiger partial charge in [-0.25, -0.2) is 13.1 Å². The molecule has 0 amide bonds. The number of sulfonamides is 1. The Morgan fingerprint density at radius 3 is 2.28 bits per heavy atom. The second-order valence-electron chi connectivity index (χ2n) is 4.62. The first-order valence-corrected chi connectivity index (χ1v) is 7.75. The van der Waals surface area contributed by atoms with Crippen LogP contribution in [0.25, 0.3) is 0 Å². The second-order valence-corrected chi connectivity index (χ2v) is 6.38. The van der Waals surface area contributed by atoms with Crippen LogP contribution in [0.4, 0.5) is 0 Å². The Bertz CT molecular complexity index is 452. The normalized spacial score (nSPS) is 12.0. The van der Waals surface area contributed by atoms with Gasteiger partial charge in [0.15, 0.2) is 0 Å². The molecular formula is C13H22N2O2S. The summed E-state index contributed by atoms with van der Waals surface area (Å²) in [5.41, 5.74) is 6.49. The van der Waals surface area contributed by atoms with Crippen molar-refractivity contribution < 1.29 is 8.42 Å². The molecule has 0 aliphatic carbocycles. The fraction of sp³-hybridized carbons (Fsp3) is 0.538. The van der Waals surface area contributed by atoms with Gasteiger partial charge in [-0.2, -0.15) is 0 Å². The van der Waals surface area contributed by atoms with E-state index in [1.807, 2.05) is 12.1 Å². The molecule has 0 aliphatic heterocycles. The molecule has 0 heterocycles. The fourth-order valence-corrected chi connectivity index (χ4v) is 2.67. The molecule has 0 bridgehead atoms. The van der Waals surface area contributed by atoms with Gasteiger partial charge in [-0.3, -0.25) is 0 Å². The van der Waals surface area contributed by atoms with Crippen molar-refractivity contribution in [3.05, 3.63) is 29.8 Å². The van der Waals surface area contributed by atoms with Crippen LogP contribution < -0.4 is 10.5 Å². The number of nitrogens with two attached hydrogens (primary N) is 1. The van der Waals surface area contributed by atoms with Crippen molar-refractivity contribution in [3.8, 4) is 0 Å². The minimum absolute atomic E-state index is 0.319. The zero-order chi connectivity index (χ0) is 13.6. The minimum Gasteiger partial charge on any atom is -0.330 e. The first kappa shape index (κ1) is 15.1. The van der Waals surface area contributed by atoms with E-state index in [2.05, 4.69) is 18.6 Å². The highest BCUT2D eigenvalue weighted by atomic mass is 32.2. The quantitative estimate of drug-likeness (QED) is 0.742. The molecule has 0 fully saturated rings. The zero-order valence-electron chi connectivity index (χ0n) is 11.0. The van der Waals surface area contributed by atoms with Crippen LogP contribution in [0, 0.1) is 0 Å². The summed E-state index contributed by atoms with van der Waals surface area (Å²) < 4.78 is 26.4. The minimum atomic E-state index is -3.37. The summed E-state index contributed by atoms with van der Waals surface area (Å²) in [6.07, 6.45) is 1.59. The Balaban J connectivity index is 2.67. The van der Waals surface area contributed by atoms with Crippen LogP contribution in [0.1, 0.15) is 38.2 Å². The summed E-state index contributed by atoms with van der Waals surface area (Å²) in [6, 6.07) is 7.03. The summed E-state index contributed by atoms with van der Waals surface area (Å²) in [4.78, 5) is 0.319. The summed E-state index contributed by atoms with van der Waals surface area (Å²) >= 11 is 0. The Labute approximate surface area is 110 Å². The molecule has 0 aromatic heterocycles. The number of unbranched alkanes of at least 4 members (excludes halogenated alkanes) is 1. The van der Waals surface area contributed by atoms with E-state index in [9.17, 15) is 8.42 Å². The summed E-state index contributed by atoms with van der Waals surface area (Å²) in [5.74, 6) is 0.402. The third-order valence-electron chi connectivity index (χ3n) is 2.78. The van der Waals surface area contributed by atoms with E-state index in [1.165, 1.54) is 0 Å². The van der Waals surface area contributed by atoms with E-state index in [4.69, 9.17) is 5.73 Å². The molecule has 0 saturated heterocycles. The van der Waals surface area contributed by atoms with Gasteiger partial charge < -0.3 is 5.73 Å². The molecule has 5 heteroatoms. The summed E-state index contributed by atoms with van der Waals surface area (Å²) in [6.45, 7) is 5.18. The molecule has 3 N–H and O–H groups in total. The average molecular weight is 270 g/mol. The Morgan fingerprint density at radius 2 is 1.78 bits per heavy atom. The molecule has 4 nitrogen and oxygen atoms in total. The predicted octanol–water partition coefficient (Wildman–Crippen LogP) is 1.83. The maximum atomic E-state index is 11.9. The van der Waals surface area contributed by atoms with Gasteiger partial charge in [0.25, 0.3) is 0 Å². The van der Waals surface area contributed by atoms with Gasteiger partial charge in [-0.05, 0) is 43.0 Å². The largest absolute Gasteiger partial charge is 0.330 e. The highest BCUT2D eigenvalue weighted by molar-refractivity contribution is 7.89. The van der Waals surface area contributed by atoms with Crippen LogP contribution in [0.3, 0.4) is 0 Å². The molecular weight excluding hydrogens is 248 g/mol. The van der Waals surface area contributed by atoms with E-state index in [-0.39, 0.29) is 0 Å². The topological polar surface area (TPSA) is 72.2 Å². The molecule has 0 aliphatic rings. The first-order valence-electron chi connectivity index (χ1n) is 6.27. The van der Waals surface area contributed by atoms with Crippen molar-refractivity contribution in [2.24, 2.45) is 5.73 Å². The molecule has 18 heavy (non-hydrogen) atoms. The van der Waals surface area contributed by atoms with Crippen LogP contribution in [-0.2, 0) is 10.0 Å². The second kappa shape index (κ2) is 6.87. The molecule has 102 valence electrons.